The van der Waals surface area contributed by atoms with Crippen LogP contribution in [0.15, 0.2) is 22.0 Å². The van der Waals surface area contributed by atoms with E-state index in [4.69, 9.17) is 10.3 Å². The van der Waals surface area contributed by atoms with E-state index in [9.17, 15) is 0 Å². The van der Waals surface area contributed by atoms with Gasteiger partial charge in [-0.3, -0.25) is 0 Å². The molecule has 102 valence electrons. The molecule has 1 aliphatic carbocycles. The molecule has 4 nitrogen and oxygen atoms in total. The van der Waals surface area contributed by atoms with E-state index in [1.54, 1.807) is 11.3 Å². The lowest BCUT2D eigenvalue weighted by molar-refractivity contribution is 0.223. The van der Waals surface area contributed by atoms with Gasteiger partial charge in [0.1, 0.15) is 0 Å². The van der Waals surface area contributed by atoms with Crippen molar-refractivity contribution < 1.29 is 4.52 Å². The summed E-state index contributed by atoms with van der Waals surface area (Å²) in [5.41, 5.74) is 6.16. The number of nitrogens with zero attached hydrogens (tertiary/aromatic N) is 2. The molecule has 2 N–H and O–H groups in total. The summed E-state index contributed by atoms with van der Waals surface area (Å²) in [4.78, 5) is 5.81. The van der Waals surface area contributed by atoms with Crippen molar-refractivity contribution in [3.63, 3.8) is 0 Å². The molecule has 0 aromatic carbocycles. The Morgan fingerprint density at radius 2 is 2.42 bits per heavy atom. The Kier molecular flexibility index (Phi) is 3.41. The molecule has 0 aliphatic heterocycles. The van der Waals surface area contributed by atoms with Gasteiger partial charge in [-0.05, 0) is 31.2 Å². The first-order valence-electron chi connectivity index (χ1n) is 6.79. The van der Waals surface area contributed by atoms with Crippen molar-refractivity contribution >= 4 is 11.3 Å². The second kappa shape index (κ2) is 5.06. The van der Waals surface area contributed by atoms with Crippen LogP contribution in [0.5, 0.6) is 0 Å². The second-order valence-corrected chi connectivity index (χ2v) is 6.64. The van der Waals surface area contributed by atoms with Crippen molar-refractivity contribution in [3.8, 4) is 0 Å². The molecule has 0 amide bonds. The van der Waals surface area contributed by atoms with Crippen LogP contribution < -0.4 is 5.73 Å². The molecule has 2 aromatic heterocycles. The van der Waals surface area contributed by atoms with Crippen LogP contribution in [0.25, 0.3) is 0 Å². The lowest BCUT2D eigenvalue weighted by Crippen LogP contribution is -2.44. The molecule has 0 spiro atoms. The first kappa shape index (κ1) is 12.8. The smallest absolute Gasteiger partial charge is 0.231 e. The number of rotatable bonds is 3. The fourth-order valence-electron chi connectivity index (χ4n) is 2.81. The van der Waals surface area contributed by atoms with Crippen molar-refractivity contribution in [1.29, 1.82) is 0 Å². The third kappa shape index (κ3) is 2.72. The largest absolute Gasteiger partial charge is 0.339 e. The van der Waals surface area contributed by atoms with Gasteiger partial charge in [-0.1, -0.05) is 24.1 Å². The molecular weight excluding hydrogens is 258 g/mol. The summed E-state index contributed by atoms with van der Waals surface area (Å²) in [6.45, 7) is 2.10. The number of nitrogens with two attached hydrogens (primary N) is 1. The average Bonchev–Trinajstić information content (AvgIpc) is 3.01. The maximum Gasteiger partial charge on any atom is 0.231 e. The maximum absolute atomic E-state index is 6.37. The number of hydrogen-bond donors (Lipinski definition) is 1. The molecule has 1 aliphatic rings. The molecule has 0 bridgehead atoms. The fourth-order valence-corrected chi connectivity index (χ4v) is 3.52. The predicted octanol–water partition coefficient (Wildman–Crippen LogP) is 3.10. The molecule has 2 atom stereocenters. The first-order chi connectivity index (χ1) is 9.15. The fraction of sp³-hybridized carbons (Fsp3) is 0.571. The highest BCUT2D eigenvalue weighted by molar-refractivity contribution is 7.09. The molecule has 1 fully saturated rings. The van der Waals surface area contributed by atoms with Crippen LogP contribution in [0.1, 0.15) is 55.1 Å². The van der Waals surface area contributed by atoms with E-state index in [0.29, 0.717) is 0 Å². The molecule has 1 saturated carbocycles. The van der Waals surface area contributed by atoms with Gasteiger partial charge in [0.2, 0.25) is 5.89 Å². The quantitative estimate of drug-likeness (QED) is 0.936. The van der Waals surface area contributed by atoms with E-state index < -0.39 is 0 Å². The van der Waals surface area contributed by atoms with E-state index in [1.807, 2.05) is 6.07 Å². The minimum atomic E-state index is -0.217. The van der Waals surface area contributed by atoms with Gasteiger partial charge in [0.05, 0.1) is 5.92 Å². The van der Waals surface area contributed by atoms with Crippen LogP contribution in [0.4, 0.5) is 0 Å². The number of thiophene rings is 1. The molecule has 19 heavy (non-hydrogen) atoms. The van der Waals surface area contributed by atoms with E-state index >= 15 is 0 Å². The van der Waals surface area contributed by atoms with Gasteiger partial charge in [0, 0.05) is 16.8 Å². The van der Waals surface area contributed by atoms with Gasteiger partial charge in [-0.2, -0.15) is 4.98 Å². The first-order valence-corrected chi connectivity index (χ1v) is 7.67. The molecule has 2 aromatic rings. The highest BCUT2D eigenvalue weighted by atomic mass is 32.1. The van der Waals surface area contributed by atoms with Crippen molar-refractivity contribution in [2.45, 2.75) is 50.5 Å². The monoisotopic (exact) mass is 277 g/mol. The summed E-state index contributed by atoms with van der Waals surface area (Å²) in [6, 6.07) is 4.13. The van der Waals surface area contributed by atoms with Crippen LogP contribution in [0, 0.1) is 0 Å². The number of aromatic nitrogens is 2. The Labute approximate surface area is 117 Å². The van der Waals surface area contributed by atoms with Gasteiger partial charge in [-0.25, -0.2) is 0 Å². The third-order valence-electron chi connectivity index (χ3n) is 3.95. The zero-order valence-corrected chi connectivity index (χ0v) is 11.9. The number of hydrogen-bond acceptors (Lipinski definition) is 5. The van der Waals surface area contributed by atoms with E-state index in [2.05, 4.69) is 28.5 Å². The molecule has 0 radical (unpaired) electrons. The lowest BCUT2D eigenvalue weighted by Gasteiger charge is -2.35. The summed E-state index contributed by atoms with van der Waals surface area (Å²) in [7, 11) is 0. The minimum absolute atomic E-state index is 0.200. The lowest BCUT2D eigenvalue weighted by atomic mass is 9.74. The van der Waals surface area contributed by atoms with Crippen LogP contribution in [0.3, 0.4) is 0 Å². The zero-order valence-electron chi connectivity index (χ0n) is 11.1. The van der Waals surface area contributed by atoms with Gasteiger partial charge in [0.15, 0.2) is 5.82 Å². The molecule has 2 heterocycles. The second-order valence-electron chi connectivity index (χ2n) is 5.61. The summed E-state index contributed by atoms with van der Waals surface area (Å²) in [5, 5.41) is 6.16. The topological polar surface area (TPSA) is 64.9 Å². The van der Waals surface area contributed by atoms with Crippen LogP contribution in [-0.2, 0) is 6.42 Å². The van der Waals surface area contributed by atoms with E-state index in [0.717, 1.165) is 31.0 Å². The zero-order chi connectivity index (χ0) is 13.3. The van der Waals surface area contributed by atoms with Crippen molar-refractivity contribution in [2.75, 3.05) is 0 Å². The summed E-state index contributed by atoms with van der Waals surface area (Å²) < 4.78 is 5.45. The Hall–Kier alpha value is -1.20. The van der Waals surface area contributed by atoms with Crippen molar-refractivity contribution in [3.05, 3.63) is 34.1 Å². The molecule has 2 unspecified atom stereocenters. The van der Waals surface area contributed by atoms with Gasteiger partial charge in [-0.15, -0.1) is 11.3 Å². The third-order valence-corrected chi connectivity index (χ3v) is 4.83. The SMILES string of the molecule is CC1(N)CCCCC1c1nc(Cc2cccs2)no1. The van der Waals surface area contributed by atoms with E-state index in [-0.39, 0.29) is 11.5 Å². The standard InChI is InChI=1S/C14H19N3OS/c1-14(15)7-3-2-6-11(14)13-16-12(17-18-13)9-10-5-4-8-19-10/h4-5,8,11H,2-3,6-7,9,15H2,1H3. The Morgan fingerprint density at radius 1 is 1.53 bits per heavy atom. The average molecular weight is 277 g/mol. The Morgan fingerprint density at radius 3 is 3.16 bits per heavy atom. The predicted molar refractivity (Wildman–Crippen MR) is 75.2 cm³/mol. The highest BCUT2D eigenvalue weighted by Crippen LogP contribution is 2.38. The minimum Gasteiger partial charge on any atom is -0.339 e. The molecule has 3 rings (SSSR count). The van der Waals surface area contributed by atoms with E-state index in [1.165, 1.54) is 17.7 Å². The van der Waals surface area contributed by atoms with Crippen LogP contribution in [0.2, 0.25) is 0 Å². The summed E-state index contributed by atoms with van der Waals surface area (Å²) in [5.74, 6) is 1.68. The Bertz CT molecular complexity index is 533. The van der Waals surface area contributed by atoms with Crippen LogP contribution >= 0.6 is 11.3 Å². The van der Waals surface area contributed by atoms with Crippen LogP contribution in [-0.4, -0.2) is 15.7 Å². The molecule has 5 heteroatoms. The van der Waals surface area contributed by atoms with Gasteiger partial charge < -0.3 is 10.3 Å². The highest BCUT2D eigenvalue weighted by Gasteiger charge is 2.37. The summed E-state index contributed by atoms with van der Waals surface area (Å²) in [6.07, 6.45) is 5.21. The van der Waals surface area contributed by atoms with Gasteiger partial charge in [0.25, 0.3) is 0 Å². The molecular formula is C14H19N3OS. The Balaban J connectivity index is 1.77. The van der Waals surface area contributed by atoms with Crippen molar-refractivity contribution in [1.82, 2.24) is 10.1 Å². The maximum atomic E-state index is 6.37. The normalized spacial score (nSPS) is 27.6. The summed E-state index contributed by atoms with van der Waals surface area (Å²) >= 11 is 1.72. The van der Waals surface area contributed by atoms with Gasteiger partial charge >= 0.3 is 0 Å². The molecule has 0 saturated heterocycles. The van der Waals surface area contributed by atoms with Crippen molar-refractivity contribution in [2.24, 2.45) is 5.73 Å².